The van der Waals surface area contributed by atoms with Crippen molar-refractivity contribution >= 4 is 0 Å². The topological polar surface area (TPSA) is 8.81 Å². The first-order valence-electron chi connectivity index (χ1n) is 17.0. The van der Waals surface area contributed by atoms with Crippen LogP contribution in [0, 0.1) is 0 Å². The maximum Gasteiger partial charge on any atom is 0.260 e. The number of aromatic nitrogens is 2. The third-order valence-corrected chi connectivity index (χ3v) is 8.30. The molecule has 38 heavy (non-hydrogen) atoms. The number of imidazole rings is 1. The zero-order chi connectivity index (χ0) is 26.9. The first-order valence-corrected chi connectivity index (χ1v) is 17.0. The first kappa shape index (κ1) is 32.6. The summed E-state index contributed by atoms with van der Waals surface area (Å²) >= 11 is 0. The zero-order valence-electron chi connectivity index (χ0n) is 25.6. The molecule has 216 valence electrons. The molecule has 1 aromatic carbocycles. The van der Waals surface area contributed by atoms with Gasteiger partial charge in [-0.25, -0.2) is 9.13 Å². The van der Waals surface area contributed by atoms with Gasteiger partial charge in [0.2, 0.25) is 0 Å². The lowest BCUT2D eigenvalue weighted by molar-refractivity contribution is -0.703. The van der Waals surface area contributed by atoms with Crippen LogP contribution in [0.2, 0.25) is 0 Å². The Hall–Kier alpha value is -1.57. The van der Waals surface area contributed by atoms with Crippen LogP contribution in [-0.4, -0.2) is 4.57 Å². The van der Waals surface area contributed by atoms with Crippen molar-refractivity contribution in [2.75, 3.05) is 0 Å². The van der Waals surface area contributed by atoms with Gasteiger partial charge in [-0.3, -0.25) is 0 Å². The molecule has 0 radical (unpaired) electrons. The summed E-state index contributed by atoms with van der Waals surface area (Å²) < 4.78 is 5.11. The molecule has 0 bridgehead atoms. The highest BCUT2D eigenvalue weighted by Crippen LogP contribution is 2.14. The zero-order valence-corrected chi connectivity index (χ0v) is 25.6. The Balaban J connectivity index is 1.66. The molecule has 0 aliphatic rings. The lowest BCUT2D eigenvalue weighted by atomic mass is 10.1. The van der Waals surface area contributed by atoms with E-state index in [0.717, 1.165) is 6.42 Å². The number of hydrogen-bond donors (Lipinski definition) is 0. The highest BCUT2D eigenvalue weighted by molar-refractivity contribution is 5.18. The molecule has 0 amide bonds. The molecule has 2 nitrogen and oxygen atoms in total. The molecule has 0 spiro atoms. The van der Waals surface area contributed by atoms with Gasteiger partial charge in [-0.2, -0.15) is 0 Å². The predicted octanol–water partition coefficient (Wildman–Crippen LogP) is 11.0. The van der Waals surface area contributed by atoms with E-state index in [-0.39, 0.29) is 0 Å². The van der Waals surface area contributed by atoms with E-state index in [1.54, 1.807) is 0 Å². The monoisotopic (exact) mass is 523 g/mol. The number of benzene rings is 1. The standard InChI is InChI=1S/C36H63N2/c1-3-5-7-9-11-13-15-16-18-20-22-27-31-38-33-32-37(36(38)34-35-28-24-23-25-29-35)30-26-21-19-17-14-12-10-8-6-4-2/h23-25,28-29,32-33H,3-22,26-27,30-31,34H2,1-2H3/q+1. The van der Waals surface area contributed by atoms with Gasteiger partial charge >= 0.3 is 0 Å². The van der Waals surface area contributed by atoms with E-state index in [2.05, 4.69) is 65.7 Å². The molecule has 0 aliphatic heterocycles. The first-order chi connectivity index (χ1) is 18.8. The molecule has 1 aromatic heterocycles. The number of nitrogens with zero attached hydrogens (tertiary/aromatic N) is 2. The van der Waals surface area contributed by atoms with Gasteiger partial charge in [0.15, 0.2) is 0 Å². The summed E-state index contributed by atoms with van der Waals surface area (Å²) in [4.78, 5) is 0. The second kappa shape index (κ2) is 23.3. The van der Waals surface area contributed by atoms with Crippen molar-refractivity contribution in [3.63, 3.8) is 0 Å². The van der Waals surface area contributed by atoms with Gasteiger partial charge in [0, 0.05) is 0 Å². The van der Waals surface area contributed by atoms with Crippen molar-refractivity contribution in [2.24, 2.45) is 0 Å². The molecule has 0 atom stereocenters. The highest BCUT2D eigenvalue weighted by atomic mass is 15.1. The van der Waals surface area contributed by atoms with Crippen LogP contribution < -0.4 is 4.57 Å². The van der Waals surface area contributed by atoms with Gasteiger partial charge < -0.3 is 0 Å². The Bertz CT molecular complexity index is 763. The third-order valence-electron chi connectivity index (χ3n) is 8.30. The quantitative estimate of drug-likeness (QED) is 0.0856. The number of unbranched alkanes of at least 4 members (excludes halogenated alkanes) is 20. The Morgan fingerprint density at radius 3 is 1.47 bits per heavy atom. The average molecular weight is 524 g/mol. The summed E-state index contributed by atoms with van der Waals surface area (Å²) in [6.07, 6.45) is 36.8. The molecule has 0 saturated carbocycles. The third kappa shape index (κ3) is 15.7. The van der Waals surface area contributed by atoms with Crippen molar-refractivity contribution in [1.82, 2.24) is 4.57 Å². The summed E-state index contributed by atoms with van der Waals surface area (Å²) in [7, 11) is 0. The van der Waals surface area contributed by atoms with Crippen LogP contribution in [0.3, 0.4) is 0 Å². The SMILES string of the molecule is CCCCCCCCCCCCCC[n+]1ccn(CCCCCCCCCCCC)c1Cc1ccccc1. The van der Waals surface area contributed by atoms with Crippen LogP contribution in [-0.2, 0) is 19.5 Å². The van der Waals surface area contributed by atoms with Gasteiger partial charge in [-0.1, -0.05) is 160 Å². The Morgan fingerprint density at radius 2 is 0.974 bits per heavy atom. The van der Waals surface area contributed by atoms with Crippen LogP contribution in [0.1, 0.15) is 166 Å². The summed E-state index contributed by atoms with van der Waals surface area (Å²) in [6.45, 7) is 6.95. The Kier molecular flexibility index (Phi) is 20.0. The molecule has 2 heteroatoms. The van der Waals surface area contributed by atoms with Crippen LogP contribution >= 0.6 is 0 Å². The van der Waals surface area contributed by atoms with E-state index in [0.29, 0.717) is 0 Å². The molecule has 0 saturated heterocycles. The Morgan fingerprint density at radius 1 is 0.526 bits per heavy atom. The van der Waals surface area contributed by atoms with E-state index in [1.165, 1.54) is 166 Å². The second-order valence-corrected chi connectivity index (χ2v) is 11.8. The largest absolute Gasteiger partial charge is 0.260 e. The lowest BCUT2D eigenvalue weighted by Gasteiger charge is -2.07. The molecule has 0 N–H and O–H groups in total. The maximum absolute atomic E-state index is 2.56. The minimum atomic E-state index is 1.05. The molecular formula is C36H63N2+. The van der Waals surface area contributed by atoms with Crippen LogP contribution in [0.4, 0.5) is 0 Å². The smallest absolute Gasteiger partial charge is 0.234 e. The highest BCUT2D eigenvalue weighted by Gasteiger charge is 2.17. The van der Waals surface area contributed by atoms with Crippen molar-refractivity contribution in [1.29, 1.82) is 0 Å². The summed E-state index contributed by atoms with van der Waals surface area (Å²) in [6, 6.07) is 11.1. The van der Waals surface area contributed by atoms with E-state index >= 15 is 0 Å². The second-order valence-electron chi connectivity index (χ2n) is 11.8. The van der Waals surface area contributed by atoms with Crippen molar-refractivity contribution < 1.29 is 4.57 Å². The van der Waals surface area contributed by atoms with Gasteiger partial charge in [0.1, 0.15) is 12.4 Å². The van der Waals surface area contributed by atoms with Crippen LogP contribution in [0.15, 0.2) is 42.7 Å². The fourth-order valence-electron chi connectivity index (χ4n) is 5.78. The summed E-state index contributed by atoms with van der Waals surface area (Å²) in [5, 5.41) is 0. The molecule has 0 unspecified atom stereocenters. The molecular weight excluding hydrogens is 460 g/mol. The maximum atomic E-state index is 2.56. The van der Waals surface area contributed by atoms with Crippen molar-refractivity contribution in [3.05, 3.63) is 54.1 Å². The number of hydrogen-bond acceptors (Lipinski definition) is 0. The molecule has 0 aliphatic carbocycles. The molecule has 2 rings (SSSR count). The van der Waals surface area contributed by atoms with Crippen molar-refractivity contribution in [2.45, 2.75) is 175 Å². The van der Waals surface area contributed by atoms with Gasteiger partial charge in [-0.05, 0) is 31.2 Å². The number of aryl methyl sites for hydroxylation is 2. The minimum absolute atomic E-state index is 1.05. The van der Waals surface area contributed by atoms with Crippen molar-refractivity contribution in [3.8, 4) is 0 Å². The number of rotatable bonds is 26. The fourth-order valence-corrected chi connectivity index (χ4v) is 5.78. The van der Waals surface area contributed by atoms with Gasteiger partial charge in [0.05, 0.1) is 19.5 Å². The molecule has 0 fully saturated rings. The van der Waals surface area contributed by atoms with E-state index in [9.17, 15) is 0 Å². The minimum Gasteiger partial charge on any atom is -0.234 e. The molecule has 2 aromatic rings. The van der Waals surface area contributed by atoms with E-state index < -0.39 is 0 Å². The van der Waals surface area contributed by atoms with Gasteiger partial charge in [0.25, 0.3) is 5.82 Å². The lowest BCUT2D eigenvalue weighted by Crippen LogP contribution is -2.37. The fraction of sp³-hybridized carbons (Fsp3) is 0.750. The molecule has 1 heterocycles. The Labute approximate surface area is 237 Å². The summed E-state index contributed by atoms with van der Waals surface area (Å²) in [5.41, 5.74) is 1.43. The normalized spacial score (nSPS) is 11.4. The van der Waals surface area contributed by atoms with E-state index in [1.807, 2.05) is 0 Å². The van der Waals surface area contributed by atoms with Crippen LogP contribution in [0.25, 0.3) is 0 Å². The van der Waals surface area contributed by atoms with Gasteiger partial charge in [-0.15, -0.1) is 0 Å². The predicted molar refractivity (Wildman–Crippen MR) is 167 cm³/mol. The summed E-state index contributed by atoms with van der Waals surface area (Å²) in [5.74, 6) is 1.50. The van der Waals surface area contributed by atoms with E-state index in [4.69, 9.17) is 0 Å². The average Bonchev–Trinajstić information content (AvgIpc) is 3.31. The van der Waals surface area contributed by atoms with Crippen LogP contribution in [0.5, 0.6) is 0 Å².